The molecule has 0 saturated heterocycles. The van der Waals surface area contributed by atoms with Crippen LogP contribution < -0.4 is 5.32 Å². The number of aryl methyl sites for hydroxylation is 1. The number of hydrogen-bond donors (Lipinski definition) is 1. The summed E-state index contributed by atoms with van der Waals surface area (Å²) >= 11 is 0. The molecular formula is C9H19N3. The number of likely N-dealkylation sites (N-methyl/N-ethyl adjacent to an activating group) is 1. The fraction of sp³-hybridized carbons (Fsp3) is 0.667. The number of hydrogen-bond acceptors (Lipinski definition) is 2. The van der Waals surface area contributed by atoms with Gasteiger partial charge in [-0.25, -0.2) is 0 Å². The summed E-state index contributed by atoms with van der Waals surface area (Å²) < 4.78 is 1.94. The van der Waals surface area contributed by atoms with Gasteiger partial charge in [0.25, 0.3) is 0 Å². The van der Waals surface area contributed by atoms with Crippen LogP contribution in [-0.4, -0.2) is 23.4 Å². The van der Waals surface area contributed by atoms with Crippen LogP contribution in [-0.2, 0) is 6.54 Å². The summed E-state index contributed by atoms with van der Waals surface area (Å²) in [5, 5.41) is 7.19. The lowest BCUT2D eigenvalue weighted by Crippen LogP contribution is -2.14. The van der Waals surface area contributed by atoms with Crippen LogP contribution in [0.5, 0.6) is 0 Å². The predicted molar refractivity (Wildman–Crippen MR) is 52.2 cm³/mol. The van der Waals surface area contributed by atoms with E-state index in [1.807, 2.05) is 44.9 Å². The van der Waals surface area contributed by atoms with E-state index < -0.39 is 0 Å². The molecule has 0 fully saturated rings. The van der Waals surface area contributed by atoms with Crippen molar-refractivity contribution in [1.29, 1.82) is 0 Å². The molecule has 0 aliphatic heterocycles. The Morgan fingerprint density at radius 3 is 2.58 bits per heavy atom. The zero-order chi connectivity index (χ0) is 9.40. The second-order valence-corrected chi connectivity index (χ2v) is 2.38. The van der Waals surface area contributed by atoms with Crippen LogP contribution in [0.3, 0.4) is 0 Å². The molecule has 0 radical (unpaired) electrons. The average molecular weight is 169 g/mol. The Morgan fingerprint density at radius 2 is 2.17 bits per heavy atom. The van der Waals surface area contributed by atoms with E-state index >= 15 is 0 Å². The van der Waals surface area contributed by atoms with E-state index in [1.165, 1.54) is 5.56 Å². The lowest BCUT2D eigenvalue weighted by atomic mass is 10.4. The smallest absolute Gasteiger partial charge is 0.0533 e. The minimum absolute atomic E-state index is 0.949. The second kappa shape index (κ2) is 6.85. The summed E-state index contributed by atoms with van der Waals surface area (Å²) in [6, 6.07) is 0. The van der Waals surface area contributed by atoms with Crippen LogP contribution in [0.15, 0.2) is 12.4 Å². The fourth-order valence-electron chi connectivity index (χ4n) is 0.816. The normalized spacial score (nSPS) is 9.00. The van der Waals surface area contributed by atoms with Gasteiger partial charge in [-0.2, -0.15) is 5.10 Å². The highest BCUT2D eigenvalue weighted by atomic mass is 15.3. The summed E-state index contributed by atoms with van der Waals surface area (Å²) in [6.07, 6.45) is 3.91. The number of nitrogens with one attached hydrogen (secondary N) is 1. The maximum Gasteiger partial charge on any atom is 0.0533 e. The maximum absolute atomic E-state index is 4.13. The SMILES string of the molecule is CC.CNCCn1cc(C)cn1. The van der Waals surface area contributed by atoms with Gasteiger partial charge in [-0.05, 0) is 19.5 Å². The molecule has 0 atom stereocenters. The fourth-order valence-corrected chi connectivity index (χ4v) is 0.816. The molecule has 1 heterocycles. The van der Waals surface area contributed by atoms with E-state index in [-0.39, 0.29) is 0 Å². The zero-order valence-corrected chi connectivity index (χ0v) is 8.46. The second-order valence-electron chi connectivity index (χ2n) is 2.38. The molecule has 70 valence electrons. The minimum atomic E-state index is 0.949. The predicted octanol–water partition coefficient (Wildman–Crippen LogP) is 1.44. The van der Waals surface area contributed by atoms with E-state index in [2.05, 4.69) is 10.4 Å². The number of aromatic nitrogens is 2. The van der Waals surface area contributed by atoms with Gasteiger partial charge in [0.2, 0.25) is 0 Å². The molecule has 0 saturated carbocycles. The third-order valence-electron chi connectivity index (χ3n) is 1.35. The van der Waals surface area contributed by atoms with Crippen molar-refractivity contribution in [2.24, 2.45) is 0 Å². The van der Waals surface area contributed by atoms with Gasteiger partial charge in [0.15, 0.2) is 0 Å². The summed E-state index contributed by atoms with van der Waals surface area (Å²) in [6.45, 7) is 7.97. The summed E-state index contributed by atoms with van der Waals surface area (Å²) in [5.74, 6) is 0. The van der Waals surface area contributed by atoms with Gasteiger partial charge in [0.1, 0.15) is 0 Å². The minimum Gasteiger partial charge on any atom is -0.318 e. The standard InChI is InChI=1S/C7H13N3.C2H6/c1-7-5-9-10(6-7)4-3-8-2;1-2/h5-6,8H,3-4H2,1-2H3;1-2H3. The van der Waals surface area contributed by atoms with Gasteiger partial charge >= 0.3 is 0 Å². The van der Waals surface area contributed by atoms with Gasteiger partial charge in [-0.15, -0.1) is 0 Å². The van der Waals surface area contributed by atoms with Crippen molar-refractivity contribution in [3.63, 3.8) is 0 Å². The number of rotatable bonds is 3. The molecule has 0 aliphatic carbocycles. The summed E-state index contributed by atoms with van der Waals surface area (Å²) in [5.41, 5.74) is 1.22. The van der Waals surface area contributed by atoms with Gasteiger partial charge in [-0.3, -0.25) is 4.68 Å². The molecule has 0 bridgehead atoms. The van der Waals surface area contributed by atoms with Gasteiger partial charge in [-0.1, -0.05) is 13.8 Å². The molecule has 3 nitrogen and oxygen atoms in total. The molecule has 0 unspecified atom stereocenters. The number of nitrogens with zero attached hydrogens (tertiary/aromatic N) is 2. The quantitative estimate of drug-likeness (QED) is 0.742. The van der Waals surface area contributed by atoms with E-state index in [9.17, 15) is 0 Å². The third kappa shape index (κ3) is 4.13. The molecule has 0 aliphatic rings. The summed E-state index contributed by atoms with van der Waals surface area (Å²) in [7, 11) is 1.94. The maximum atomic E-state index is 4.13. The van der Waals surface area contributed by atoms with Crippen LogP contribution in [0.1, 0.15) is 19.4 Å². The van der Waals surface area contributed by atoms with E-state index in [0.717, 1.165) is 13.1 Å². The van der Waals surface area contributed by atoms with E-state index in [4.69, 9.17) is 0 Å². The zero-order valence-electron chi connectivity index (χ0n) is 8.46. The highest BCUT2D eigenvalue weighted by molar-refractivity contribution is 4.99. The van der Waals surface area contributed by atoms with Crippen LogP contribution in [0.4, 0.5) is 0 Å². The van der Waals surface area contributed by atoms with E-state index in [1.54, 1.807) is 0 Å². The first kappa shape index (κ1) is 11.2. The lowest BCUT2D eigenvalue weighted by Gasteiger charge is -1.97. The largest absolute Gasteiger partial charge is 0.318 e. The topological polar surface area (TPSA) is 29.9 Å². The van der Waals surface area contributed by atoms with Crippen molar-refractivity contribution in [2.45, 2.75) is 27.3 Å². The molecule has 0 aromatic carbocycles. The Hall–Kier alpha value is -0.830. The first-order valence-electron chi connectivity index (χ1n) is 4.46. The van der Waals surface area contributed by atoms with E-state index in [0.29, 0.717) is 0 Å². The molecule has 1 aromatic heterocycles. The van der Waals surface area contributed by atoms with Crippen LogP contribution >= 0.6 is 0 Å². The van der Waals surface area contributed by atoms with Crippen molar-refractivity contribution in [2.75, 3.05) is 13.6 Å². The highest BCUT2D eigenvalue weighted by Crippen LogP contribution is 1.92. The first-order valence-corrected chi connectivity index (χ1v) is 4.46. The Balaban J connectivity index is 0.000000561. The highest BCUT2D eigenvalue weighted by Gasteiger charge is 1.90. The van der Waals surface area contributed by atoms with Crippen molar-refractivity contribution < 1.29 is 0 Å². The Morgan fingerprint density at radius 1 is 1.50 bits per heavy atom. The first-order chi connectivity index (χ1) is 5.83. The average Bonchev–Trinajstić information content (AvgIpc) is 2.51. The van der Waals surface area contributed by atoms with Gasteiger partial charge in [0.05, 0.1) is 12.7 Å². The summed E-state index contributed by atoms with van der Waals surface area (Å²) in [4.78, 5) is 0. The van der Waals surface area contributed by atoms with Crippen LogP contribution in [0, 0.1) is 6.92 Å². The Labute approximate surface area is 74.8 Å². The molecule has 3 heteroatoms. The molecular weight excluding hydrogens is 150 g/mol. The van der Waals surface area contributed by atoms with Crippen molar-refractivity contribution >= 4 is 0 Å². The molecule has 1 aromatic rings. The Bertz CT molecular complexity index is 193. The van der Waals surface area contributed by atoms with Crippen LogP contribution in [0.2, 0.25) is 0 Å². The molecule has 12 heavy (non-hydrogen) atoms. The monoisotopic (exact) mass is 169 g/mol. The Kier molecular flexibility index (Phi) is 6.38. The van der Waals surface area contributed by atoms with Crippen molar-refractivity contribution in [3.8, 4) is 0 Å². The van der Waals surface area contributed by atoms with Crippen molar-refractivity contribution in [3.05, 3.63) is 18.0 Å². The molecule has 0 spiro atoms. The molecule has 1 rings (SSSR count). The van der Waals surface area contributed by atoms with Crippen LogP contribution in [0.25, 0.3) is 0 Å². The molecule has 0 amide bonds. The van der Waals surface area contributed by atoms with Gasteiger partial charge < -0.3 is 5.32 Å². The van der Waals surface area contributed by atoms with Gasteiger partial charge in [0, 0.05) is 12.7 Å². The third-order valence-corrected chi connectivity index (χ3v) is 1.35. The lowest BCUT2D eigenvalue weighted by molar-refractivity contribution is 0.584. The molecule has 1 N–H and O–H groups in total. The van der Waals surface area contributed by atoms with Crippen molar-refractivity contribution in [1.82, 2.24) is 15.1 Å².